The summed E-state index contributed by atoms with van der Waals surface area (Å²) >= 11 is 5.76. The third-order valence-corrected chi connectivity index (χ3v) is 2.43. The zero-order chi connectivity index (χ0) is 12.3. The molecule has 0 saturated heterocycles. The van der Waals surface area contributed by atoms with Crippen molar-refractivity contribution in [2.45, 2.75) is 26.3 Å². The SMILES string of the molecule is CNC(C)(C)C(=O)Nc1nc(C)cc(Cl)n1. The standard InChI is InChI=1S/C10H15ClN4O/c1-6-5-7(11)14-9(13-6)15-8(16)10(2,3)12-4/h5,12H,1-4H3,(H,13,14,15,16). The number of nitrogens with zero attached hydrogens (tertiary/aromatic N) is 2. The molecule has 5 nitrogen and oxygen atoms in total. The molecule has 0 bridgehead atoms. The number of rotatable bonds is 3. The Labute approximate surface area is 99.6 Å². The molecule has 16 heavy (non-hydrogen) atoms. The van der Waals surface area contributed by atoms with Crippen LogP contribution in [0.15, 0.2) is 6.07 Å². The Bertz CT molecular complexity index is 386. The van der Waals surface area contributed by atoms with Crippen LogP contribution in [0.25, 0.3) is 0 Å². The quantitative estimate of drug-likeness (QED) is 0.786. The molecule has 0 unspecified atom stereocenters. The Hall–Kier alpha value is -1.20. The minimum absolute atomic E-state index is 0.211. The number of carbonyl (C=O) groups is 1. The first-order valence-electron chi connectivity index (χ1n) is 4.86. The van der Waals surface area contributed by atoms with Crippen molar-refractivity contribution in [3.8, 4) is 0 Å². The Morgan fingerprint density at radius 2 is 2.06 bits per heavy atom. The van der Waals surface area contributed by atoms with Gasteiger partial charge in [-0.2, -0.15) is 0 Å². The van der Waals surface area contributed by atoms with Crippen LogP contribution >= 0.6 is 11.6 Å². The van der Waals surface area contributed by atoms with Crippen LogP contribution in [0.5, 0.6) is 0 Å². The fraction of sp³-hybridized carbons (Fsp3) is 0.500. The lowest BCUT2D eigenvalue weighted by atomic mass is 10.1. The predicted molar refractivity (Wildman–Crippen MR) is 63.5 cm³/mol. The lowest BCUT2D eigenvalue weighted by Gasteiger charge is -2.22. The Morgan fingerprint density at radius 1 is 1.44 bits per heavy atom. The van der Waals surface area contributed by atoms with Gasteiger partial charge in [0.25, 0.3) is 0 Å². The van der Waals surface area contributed by atoms with Gasteiger partial charge in [-0.05, 0) is 33.9 Å². The van der Waals surface area contributed by atoms with Crippen LogP contribution < -0.4 is 10.6 Å². The van der Waals surface area contributed by atoms with Gasteiger partial charge in [-0.1, -0.05) is 11.6 Å². The average Bonchev–Trinajstić information content (AvgIpc) is 2.15. The van der Waals surface area contributed by atoms with Gasteiger partial charge in [-0.3, -0.25) is 10.1 Å². The normalized spacial score (nSPS) is 11.3. The van der Waals surface area contributed by atoms with Gasteiger partial charge in [0, 0.05) is 5.69 Å². The number of hydrogen-bond acceptors (Lipinski definition) is 4. The molecular weight excluding hydrogens is 228 g/mol. The topological polar surface area (TPSA) is 66.9 Å². The number of aryl methyl sites for hydroxylation is 1. The second kappa shape index (κ2) is 4.76. The van der Waals surface area contributed by atoms with E-state index < -0.39 is 5.54 Å². The second-order valence-corrected chi connectivity index (χ2v) is 4.37. The number of anilines is 1. The molecule has 0 aromatic carbocycles. The van der Waals surface area contributed by atoms with Crippen LogP contribution in [0.4, 0.5) is 5.95 Å². The Morgan fingerprint density at radius 3 is 2.56 bits per heavy atom. The van der Waals surface area contributed by atoms with E-state index in [1.54, 1.807) is 33.9 Å². The second-order valence-electron chi connectivity index (χ2n) is 3.98. The lowest BCUT2D eigenvalue weighted by Crippen LogP contribution is -2.48. The Balaban J connectivity index is 2.85. The highest BCUT2D eigenvalue weighted by Gasteiger charge is 2.25. The molecular formula is C10H15ClN4O. The molecule has 1 aromatic rings. The van der Waals surface area contributed by atoms with Crippen LogP contribution in [-0.2, 0) is 4.79 Å². The summed E-state index contributed by atoms with van der Waals surface area (Å²) in [7, 11) is 1.71. The van der Waals surface area contributed by atoms with Crippen LogP contribution in [0.1, 0.15) is 19.5 Å². The fourth-order valence-electron chi connectivity index (χ4n) is 0.957. The number of likely N-dealkylation sites (N-methyl/N-ethyl adjacent to an activating group) is 1. The highest BCUT2D eigenvalue weighted by atomic mass is 35.5. The molecule has 0 aliphatic rings. The zero-order valence-corrected chi connectivity index (χ0v) is 10.5. The van der Waals surface area contributed by atoms with Crippen molar-refractivity contribution in [1.82, 2.24) is 15.3 Å². The van der Waals surface area contributed by atoms with Crippen molar-refractivity contribution < 1.29 is 4.79 Å². The van der Waals surface area contributed by atoms with E-state index in [2.05, 4.69) is 20.6 Å². The first kappa shape index (κ1) is 12.9. The van der Waals surface area contributed by atoms with Crippen molar-refractivity contribution in [2.24, 2.45) is 0 Å². The molecule has 1 heterocycles. The summed E-state index contributed by atoms with van der Waals surface area (Å²) in [5.74, 6) is 0.00925. The molecule has 0 spiro atoms. The van der Waals surface area contributed by atoms with Crippen molar-refractivity contribution in [3.63, 3.8) is 0 Å². The third-order valence-electron chi connectivity index (χ3n) is 2.24. The maximum absolute atomic E-state index is 11.8. The summed E-state index contributed by atoms with van der Waals surface area (Å²) in [6, 6.07) is 1.63. The largest absolute Gasteiger partial charge is 0.307 e. The number of halogens is 1. The minimum atomic E-state index is -0.681. The molecule has 0 saturated carbocycles. The van der Waals surface area contributed by atoms with Crippen molar-refractivity contribution >= 4 is 23.5 Å². The number of aromatic nitrogens is 2. The average molecular weight is 243 g/mol. The van der Waals surface area contributed by atoms with Crippen molar-refractivity contribution in [2.75, 3.05) is 12.4 Å². The van der Waals surface area contributed by atoms with Gasteiger partial charge in [-0.15, -0.1) is 0 Å². The summed E-state index contributed by atoms with van der Waals surface area (Å²) in [6.07, 6.45) is 0. The molecule has 0 atom stereocenters. The summed E-state index contributed by atoms with van der Waals surface area (Å²) in [4.78, 5) is 19.8. The van der Waals surface area contributed by atoms with Gasteiger partial charge in [0.15, 0.2) is 0 Å². The van der Waals surface area contributed by atoms with Crippen LogP contribution in [0.3, 0.4) is 0 Å². The molecule has 88 valence electrons. The van der Waals surface area contributed by atoms with Crippen LogP contribution in [-0.4, -0.2) is 28.5 Å². The number of nitrogens with one attached hydrogen (secondary N) is 2. The van der Waals surface area contributed by atoms with E-state index in [0.29, 0.717) is 10.8 Å². The van der Waals surface area contributed by atoms with Gasteiger partial charge in [-0.25, -0.2) is 9.97 Å². The van der Waals surface area contributed by atoms with E-state index in [1.165, 1.54) is 0 Å². The summed E-state index contributed by atoms with van der Waals surface area (Å²) < 4.78 is 0. The molecule has 1 amide bonds. The van der Waals surface area contributed by atoms with E-state index >= 15 is 0 Å². The van der Waals surface area contributed by atoms with Gasteiger partial charge >= 0.3 is 0 Å². The van der Waals surface area contributed by atoms with E-state index in [0.717, 1.165) is 0 Å². The van der Waals surface area contributed by atoms with E-state index in [9.17, 15) is 4.79 Å². The van der Waals surface area contributed by atoms with Gasteiger partial charge in [0.1, 0.15) is 5.15 Å². The summed E-state index contributed by atoms with van der Waals surface area (Å²) in [5, 5.41) is 5.81. The zero-order valence-electron chi connectivity index (χ0n) is 9.76. The Kier molecular flexibility index (Phi) is 3.83. The summed E-state index contributed by atoms with van der Waals surface area (Å²) in [5.41, 5.74) is 0.0251. The highest BCUT2D eigenvalue weighted by molar-refractivity contribution is 6.29. The molecule has 1 aromatic heterocycles. The van der Waals surface area contributed by atoms with Crippen molar-refractivity contribution in [1.29, 1.82) is 0 Å². The van der Waals surface area contributed by atoms with E-state index in [1.807, 2.05) is 0 Å². The minimum Gasteiger partial charge on any atom is -0.307 e. The van der Waals surface area contributed by atoms with E-state index in [-0.39, 0.29) is 11.9 Å². The van der Waals surface area contributed by atoms with E-state index in [4.69, 9.17) is 11.6 Å². The predicted octanol–water partition coefficient (Wildman–Crippen LogP) is 1.37. The maximum Gasteiger partial charge on any atom is 0.246 e. The number of hydrogen-bond donors (Lipinski definition) is 2. The van der Waals surface area contributed by atoms with Crippen LogP contribution in [0.2, 0.25) is 5.15 Å². The number of carbonyl (C=O) groups excluding carboxylic acids is 1. The maximum atomic E-state index is 11.8. The van der Waals surface area contributed by atoms with Gasteiger partial charge in [0.2, 0.25) is 11.9 Å². The van der Waals surface area contributed by atoms with Crippen molar-refractivity contribution in [3.05, 3.63) is 16.9 Å². The monoisotopic (exact) mass is 242 g/mol. The van der Waals surface area contributed by atoms with Gasteiger partial charge in [0.05, 0.1) is 5.54 Å². The lowest BCUT2D eigenvalue weighted by molar-refractivity contribution is -0.121. The first-order valence-corrected chi connectivity index (χ1v) is 5.24. The molecule has 6 heteroatoms. The van der Waals surface area contributed by atoms with Gasteiger partial charge < -0.3 is 5.32 Å². The molecule has 0 fully saturated rings. The molecule has 0 radical (unpaired) electrons. The first-order chi connectivity index (χ1) is 7.35. The fourth-order valence-corrected chi connectivity index (χ4v) is 1.20. The molecule has 1 rings (SSSR count). The highest BCUT2D eigenvalue weighted by Crippen LogP contribution is 2.11. The summed E-state index contributed by atoms with van der Waals surface area (Å²) in [6.45, 7) is 5.31. The third kappa shape index (κ3) is 3.15. The molecule has 0 aliphatic carbocycles. The molecule has 2 N–H and O–H groups in total. The number of amides is 1. The van der Waals surface area contributed by atoms with Crippen LogP contribution in [0, 0.1) is 6.92 Å². The smallest absolute Gasteiger partial charge is 0.246 e. The molecule has 0 aliphatic heterocycles.